The second kappa shape index (κ2) is 18.5. The number of anilines is 9. The number of fused-ring (bicyclic) bond motifs is 11. The van der Waals surface area contributed by atoms with Gasteiger partial charge in [-0.25, -0.2) is 0 Å². The Morgan fingerprint density at radius 3 is 1.61 bits per heavy atom. The second-order valence-electron chi connectivity index (χ2n) is 32.8. The maximum absolute atomic E-state index is 9.22. The van der Waals surface area contributed by atoms with Gasteiger partial charge in [0.2, 0.25) is 0 Å². The SMILES string of the molecule is [2H]C([2H])([2H])c1ccccc1N(c1ccccc1)c1cc2c3c(c1)N(c1ccc4c(c1)C(C)(C)CCC4(C)C)c1c(oc4cc5c(cc14)C1(C)CCC5(C)CC1)B3c1cc3c(cc1N2c1ccc2c(c1-c1ccccc1)C(C)(C)CCC2(C)C)C(C)(C)CCC3(C)C. The molecule has 446 valence electrons. The van der Waals surface area contributed by atoms with Gasteiger partial charge < -0.3 is 19.1 Å². The van der Waals surface area contributed by atoms with Crippen LogP contribution >= 0.6 is 0 Å². The quantitative estimate of drug-likeness (QED) is 0.155. The molecule has 1 aromatic heterocycles. The van der Waals surface area contributed by atoms with Crippen molar-refractivity contribution in [3.05, 3.63) is 202 Å². The summed E-state index contributed by atoms with van der Waals surface area (Å²) in [6.45, 7) is 31.8. The van der Waals surface area contributed by atoms with Crippen molar-refractivity contribution in [2.24, 2.45) is 0 Å². The van der Waals surface area contributed by atoms with Crippen molar-refractivity contribution in [2.45, 2.75) is 211 Å². The third kappa shape index (κ3) is 7.95. The highest BCUT2D eigenvalue weighted by atomic mass is 16.3. The topological polar surface area (TPSA) is 22.9 Å². The second-order valence-corrected chi connectivity index (χ2v) is 32.8. The molecule has 6 aliphatic carbocycles. The summed E-state index contributed by atoms with van der Waals surface area (Å²) in [6, 6.07) is 57.1. The van der Waals surface area contributed by atoms with Gasteiger partial charge in [-0.15, -0.1) is 0 Å². The van der Waals surface area contributed by atoms with E-state index in [0.29, 0.717) is 11.3 Å². The molecule has 0 unspecified atom stereocenters. The molecule has 0 amide bonds. The predicted octanol–water partition coefficient (Wildman–Crippen LogP) is 21.1. The fourth-order valence-corrected chi connectivity index (χ4v) is 18.3. The van der Waals surface area contributed by atoms with E-state index in [9.17, 15) is 4.11 Å². The van der Waals surface area contributed by atoms with Crippen LogP contribution in [0.5, 0.6) is 0 Å². The zero-order valence-electron chi connectivity index (χ0n) is 57.8. The predicted molar refractivity (Wildman–Crippen MR) is 374 cm³/mol. The van der Waals surface area contributed by atoms with Crippen molar-refractivity contribution in [1.29, 1.82) is 0 Å². The third-order valence-electron chi connectivity index (χ3n) is 24.3. The van der Waals surface area contributed by atoms with Gasteiger partial charge >= 0.3 is 0 Å². The van der Waals surface area contributed by atoms with E-state index in [1.54, 1.807) is 6.07 Å². The summed E-state index contributed by atoms with van der Waals surface area (Å²) in [5.41, 5.74) is 27.2. The number of hydrogen-bond donors (Lipinski definition) is 0. The molecule has 3 heterocycles. The molecule has 0 spiro atoms. The Kier molecular flexibility index (Phi) is 11.0. The van der Waals surface area contributed by atoms with E-state index in [4.69, 9.17) is 4.42 Å². The molecule has 8 aromatic carbocycles. The number of hydrogen-bond acceptors (Lipinski definition) is 4. The molecule has 0 N–H and O–H groups in total. The molecule has 17 rings (SSSR count). The molecule has 2 bridgehead atoms. The number of benzene rings is 8. The minimum atomic E-state index is -2.41. The van der Waals surface area contributed by atoms with Gasteiger partial charge in [0.25, 0.3) is 6.71 Å². The number of furan rings is 1. The lowest BCUT2D eigenvalue weighted by molar-refractivity contribution is 0.188. The summed E-state index contributed by atoms with van der Waals surface area (Å²) in [5.74, 6) is 0. The first-order chi connectivity index (χ1) is 42.9. The van der Waals surface area contributed by atoms with Crippen LogP contribution in [0.1, 0.15) is 215 Å². The molecule has 88 heavy (non-hydrogen) atoms. The van der Waals surface area contributed by atoms with Crippen molar-refractivity contribution in [3.8, 4) is 11.1 Å². The van der Waals surface area contributed by atoms with E-state index in [1.807, 2.05) is 18.2 Å². The molecule has 2 aliphatic heterocycles. The van der Waals surface area contributed by atoms with Crippen molar-refractivity contribution >= 4 is 85.5 Å². The van der Waals surface area contributed by atoms with Gasteiger partial charge in [0.15, 0.2) is 0 Å². The standard InChI is InChI=1S/C83H90BN3O/c1-51-24-22-23-29-65(51)85(53-27-20-17-21-28-53)55-45-68-73-69(46-55)87(66-33-32-58-72(71(66)52-25-18-16-19-26-52)81(12,13)39-38-77(58,4)5)67-49-61-60(79(8,9)36-37-80(61,10)11)48-64(67)84(73)75-74(86(68)54-30-31-57-59(44-54)78(6,7)35-34-76(57,2)3)56-47-62-63(50-70(56)88-75)83(15)42-40-82(62,14)41-43-83/h16-33,44-50H,34-43H2,1-15H3/i1D3. The lowest BCUT2D eigenvalue weighted by Crippen LogP contribution is -2.61. The third-order valence-corrected chi connectivity index (χ3v) is 24.3. The Hall–Kier alpha value is -7.24. The van der Waals surface area contributed by atoms with E-state index in [0.717, 1.165) is 95.0 Å². The van der Waals surface area contributed by atoms with Crippen molar-refractivity contribution in [1.82, 2.24) is 0 Å². The molecule has 8 aliphatic rings. The van der Waals surface area contributed by atoms with Crippen LogP contribution in [-0.4, -0.2) is 6.71 Å². The van der Waals surface area contributed by atoms with E-state index in [1.165, 1.54) is 97.9 Å². The van der Waals surface area contributed by atoms with Crippen molar-refractivity contribution in [2.75, 3.05) is 14.7 Å². The summed E-state index contributed by atoms with van der Waals surface area (Å²) < 4.78 is 35.7. The summed E-state index contributed by atoms with van der Waals surface area (Å²) in [6.07, 6.45) is 11.2. The summed E-state index contributed by atoms with van der Waals surface area (Å²) in [4.78, 5) is 7.55. The van der Waals surface area contributed by atoms with Gasteiger partial charge in [0, 0.05) is 49.2 Å². The summed E-state index contributed by atoms with van der Waals surface area (Å²) >= 11 is 0. The van der Waals surface area contributed by atoms with Gasteiger partial charge in [-0.2, -0.15) is 0 Å². The summed E-state index contributed by atoms with van der Waals surface area (Å²) in [7, 11) is 0. The van der Waals surface area contributed by atoms with Crippen LogP contribution in [-0.2, 0) is 43.3 Å². The van der Waals surface area contributed by atoms with Gasteiger partial charge in [-0.1, -0.05) is 182 Å². The fourth-order valence-electron chi connectivity index (χ4n) is 18.3. The van der Waals surface area contributed by atoms with E-state index in [-0.39, 0.29) is 50.0 Å². The van der Waals surface area contributed by atoms with E-state index < -0.39 is 6.85 Å². The summed E-state index contributed by atoms with van der Waals surface area (Å²) in [5, 5.41) is 1.16. The highest BCUT2D eigenvalue weighted by molar-refractivity contribution is 7.00. The zero-order valence-corrected chi connectivity index (χ0v) is 54.8. The number of nitrogens with zero attached hydrogens (tertiary/aromatic N) is 3. The molecule has 0 atom stereocenters. The van der Waals surface area contributed by atoms with Gasteiger partial charge in [-0.05, 0) is 248 Å². The van der Waals surface area contributed by atoms with E-state index in [2.05, 4.69) is 239 Å². The minimum absolute atomic E-state index is 0.0000405. The first-order valence-electron chi connectivity index (χ1n) is 34.8. The minimum Gasteiger partial charge on any atom is -0.468 e. The van der Waals surface area contributed by atoms with Gasteiger partial charge in [-0.3, -0.25) is 0 Å². The van der Waals surface area contributed by atoms with Crippen LogP contribution in [0.25, 0.3) is 22.1 Å². The monoisotopic (exact) mass is 1160 g/mol. The smallest absolute Gasteiger partial charge is 0.297 e. The van der Waals surface area contributed by atoms with Crippen LogP contribution < -0.4 is 31.3 Å². The van der Waals surface area contributed by atoms with Crippen molar-refractivity contribution < 1.29 is 8.53 Å². The molecular formula is C83H90BN3O. The Balaban J connectivity index is 1.11. The average molecular weight is 1160 g/mol. The van der Waals surface area contributed by atoms with Crippen LogP contribution in [0.3, 0.4) is 0 Å². The molecule has 1 saturated carbocycles. The Labute approximate surface area is 530 Å². The van der Waals surface area contributed by atoms with Crippen molar-refractivity contribution in [3.63, 3.8) is 0 Å². The molecule has 5 heteroatoms. The number of rotatable bonds is 6. The lowest BCUT2D eigenvalue weighted by atomic mass is 9.35. The first kappa shape index (κ1) is 52.7. The fraction of sp³-hybridized carbons (Fsp3) is 0.398. The van der Waals surface area contributed by atoms with Crippen LogP contribution in [0.15, 0.2) is 156 Å². The zero-order chi connectivity index (χ0) is 63.7. The highest BCUT2D eigenvalue weighted by Gasteiger charge is 2.53. The maximum Gasteiger partial charge on any atom is 0.297 e. The first-order valence-corrected chi connectivity index (χ1v) is 33.3. The Bertz CT molecular complexity index is 4530. The molecule has 1 fully saturated rings. The van der Waals surface area contributed by atoms with Crippen LogP contribution in [0.2, 0.25) is 0 Å². The Morgan fingerprint density at radius 2 is 0.966 bits per heavy atom. The lowest BCUT2D eigenvalue weighted by Gasteiger charge is -2.52. The largest absolute Gasteiger partial charge is 0.468 e. The molecule has 0 radical (unpaired) electrons. The van der Waals surface area contributed by atoms with E-state index >= 15 is 0 Å². The number of para-hydroxylation sites is 2. The van der Waals surface area contributed by atoms with Crippen LogP contribution in [0.4, 0.5) is 51.2 Å². The number of aryl methyl sites for hydroxylation is 1. The molecule has 0 saturated heterocycles. The van der Waals surface area contributed by atoms with Gasteiger partial charge in [0.1, 0.15) is 5.58 Å². The van der Waals surface area contributed by atoms with Crippen LogP contribution in [0, 0.1) is 6.85 Å². The maximum atomic E-state index is 9.22. The molecule has 9 aromatic rings. The molecule has 4 nitrogen and oxygen atoms in total. The van der Waals surface area contributed by atoms with Gasteiger partial charge in [0.05, 0.1) is 22.7 Å². The normalized spacial score (nSPS) is 23.7. The highest BCUT2D eigenvalue weighted by Crippen LogP contribution is 2.61. The molecular weight excluding hydrogens is 1070 g/mol. The average Bonchev–Trinajstić information content (AvgIpc) is 1.67. The Morgan fingerprint density at radius 1 is 0.432 bits per heavy atom.